The van der Waals surface area contributed by atoms with Gasteiger partial charge in [-0.25, -0.2) is 21.6 Å². The minimum atomic E-state index is -3.80. The van der Waals surface area contributed by atoms with Gasteiger partial charge in [0.1, 0.15) is 6.61 Å². The van der Waals surface area contributed by atoms with E-state index in [4.69, 9.17) is 0 Å². The maximum absolute atomic E-state index is 12.2. The Bertz CT molecular complexity index is 771. The summed E-state index contributed by atoms with van der Waals surface area (Å²) in [5.74, 6) is -0.542. The molecule has 1 atom stereocenters. The normalized spacial score (nSPS) is 20.3. The Balaban J connectivity index is 2.04. The molecule has 1 aromatic rings. The van der Waals surface area contributed by atoms with Gasteiger partial charge in [-0.3, -0.25) is 4.79 Å². The van der Waals surface area contributed by atoms with Crippen molar-refractivity contribution < 1.29 is 26.4 Å². The van der Waals surface area contributed by atoms with Crippen LogP contribution in [0.3, 0.4) is 0 Å². The summed E-state index contributed by atoms with van der Waals surface area (Å²) in [6, 6.07) is 4.98. The van der Waals surface area contributed by atoms with Gasteiger partial charge in [-0.05, 0) is 30.7 Å². The zero-order valence-corrected chi connectivity index (χ0v) is 14.1. The maximum Gasteiger partial charge on any atom is 0.250 e. The number of hydrogen-bond acceptors (Lipinski definition) is 6. The Hall–Kier alpha value is -1.49. The summed E-state index contributed by atoms with van der Waals surface area (Å²) < 4.78 is 54.3. The predicted molar refractivity (Wildman–Crippen MR) is 84.3 cm³/mol. The monoisotopic (exact) mass is 362 g/mol. The van der Waals surface area contributed by atoms with Crippen molar-refractivity contribution >= 4 is 31.5 Å². The highest BCUT2D eigenvalue weighted by atomic mass is 32.2. The van der Waals surface area contributed by atoms with Gasteiger partial charge in [-0.2, -0.15) is 0 Å². The fourth-order valence-corrected chi connectivity index (χ4v) is 5.27. The quantitative estimate of drug-likeness (QED) is 0.719. The first-order chi connectivity index (χ1) is 10.7. The second-order valence-corrected chi connectivity index (χ2v) is 9.17. The SMILES string of the molecule is COCC(=O)Nc1ccc(S(=O)(=O)N[C@H]2CCS(=O)(=O)C2)cc1. The van der Waals surface area contributed by atoms with Crippen molar-refractivity contribution in [1.82, 2.24) is 4.72 Å². The molecule has 0 aliphatic carbocycles. The Morgan fingerprint density at radius 3 is 2.48 bits per heavy atom. The van der Waals surface area contributed by atoms with E-state index in [1.165, 1.54) is 31.4 Å². The summed E-state index contributed by atoms with van der Waals surface area (Å²) in [4.78, 5) is 11.4. The Morgan fingerprint density at radius 1 is 1.30 bits per heavy atom. The van der Waals surface area contributed by atoms with E-state index in [2.05, 4.69) is 14.8 Å². The van der Waals surface area contributed by atoms with Crippen LogP contribution in [0.25, 0.3) is 0 Å². The van der Waals surface area contributed by atoms with E-state index in [1.54, 1.807) is 0 Å². The first kappa shape index (κ1) is 17.9. The van der Waals surface area contributed by atoms with Gasteiger partial charge in [-0.15, -0.1) is 0 Å². The smallest absolute Gasteiger partial charge is 0.250 e. The third-order valence-electron chi connectivity index (χ3n) is 3.28. The Morgan fingerprint density at radius 2 is 1.96 bits per heavy atom. The molecule has 1 amide bonds. The molecule has 2 N–H and O–H groups in total. The molecule has 1 saturated heterocycles. The number of ether oxygens (including phenoxy) is 1. The summed E-state index contributed by atoms with van der Waals surface area (Å²) in [6.45, 7) is -0.0994. The van der Waals surface area contributed by atoms with Crippen LogP contribution < -0.4 is 10.0 Å². The van der Waals surface area contributed by atoms with Crippen molar-refractivity contribution in [2.75, 3.05) is 30.5 Å². The van der Waals surface area contributed by atoms with Gasteiger partial charge in [0.15, 0.2) is 9.84 Å². The first-order valence-electron chi connectivity index (χ1n) is 6.83. The molecule has 1 fully saturated rings. The minimum absolute atomic E-state index is 0.00605. The average molecular weight is 362 g/mol. The van der Waals surface area contributed by atoms with Crippen LogP contribution in [0.1, 0.15) is 6.42 Å². The second-order valence-electron chi connectivity index (χ2n) is 5.23. The van der Waals surface area contributed by atoms with Crippen LogP contribution in [0.2, 0.25) is 0 Å². The molecule has 1 heterocycles. The molecular weight excluding hydrogens is 344 g/mol. The van der Waals surface area contributed by atoms with Crippen molar-refractivity contribution in [3.63, 3.8) is 0 Å². The summed E-state index contributed by atoms with van der Waals surface area (Å²) in [6.07, 6.45) is 0.271. The molecule has 0 radical (unpaired) electrons. The number of carbonyl (C=O) groups excluding carboxylic acids is 1. The molecule has 1 aliphatic heterocycles. The van der Waals surface area contributed by atoms with Crippen LogP contribution >= 0.6 is 0 Å². The highest BCUT2D eigenvalue weighted by Gasteiger charge is 2.31. The largest absolute Gasteiger partial charge is 0.375 e. The van der Waals surface area contributed by atoms with Gasteiger partial charge in [-0.1, -0.05) is 0 Å². The molecule has 0 aromatic heterocycles. The van der Waals surface area contributed by atoms with Gasteiger partial charge >= 0.3 is 0 Å². The van der Waals surface area contributed by atoms with Crippen molar-refractivity contribution in [1.29, 1.82) is 0 Å². The van der Waals surface area contributed by atoms with Crippen molar-refractivity contribution in [2.45, 2.75) is 17.4 Å². The van der Waals surface area contributed by atoms with Crippen LogP contribution in [0.5, 0.6) is 0 Å². The van der Waals surface area contributed by atoms with E-state index in [1.807, 2.05) is 0 Å². The number of amides is 1. The van der Waals surface area contributed by atoms with Crippen LogP contribution in [0.4, 0.5) is 5.69 Å². The number of anilines is 1. The van der Waals surface area contributed by atoms with Gasteiger partial charge in [0.25, 0.3) is 0 Å². The molecule has 0 saturated carbocycles. The maximum atomic E-state index is 12.2. The molecule has 10 heteroatoms. The van der Waals surface area contributed by atoms with Crippen LogP contribution in [-0.2, 0) is 29.4 Å². The number of benzene rings is 1. The molecule has 1 aromatic carbocycles. The number of nitrogens with one attached hydrogen (secondary N) is 2. The van der Waals surface area contributed by atoms with Crippen LogP contribution in [0, 0.1) is 0 Å². The molecule has 8 nitrogen and oxygen atoms in total. The lowest BCUT2D eigenvalue weighted by Crippen LogP contribution is -2.35. The number of carbonyl (C=O) groups is 1. The molecule has 1 aliphatic rings. The molecule has 23 heavy (non-hydrogen) atoms. The Kier molecular flexibility index (Phi) is 5.40. The third kappa shape index (κ3) is 4.99. The lowest BCUT2D eigenvalue weighted by atomic mass is 10.3. The molecule has 0 bridgehead atoms. The second kappa shape index (κ2) is 6.95. The lowest BCUT2D eigenvalue weighted by molar-refractivity contribution is -0.119. The number of rotatable bonds is 6. The average Bonchev–Trinajstić information content (AvgIpc) is 2.78. The predicted octanol–water partition coefficient (Wildman–Crippen LogP) is -0.263. The summed E-state index contributed by atoms with van der Waals surface area (Å²) in [7, 11) is -5.57. The highest BCUT2D eigenvalue weighted by Crippen LogP contribution is 2.17. The van der Waals surface area contributed by atoms with Crippen molar-refractivity contribution in [3.8, 4) is 0 Å². The highest BCUT2D eigenvalue weighted by molar-refractivity contribution is 7.92. The fourth-order valence-electron chi connectivity index (χ4n) is 2.22. The first-order valence-corrected chi connectivity index (χ1v) is 10.1. The van der Waals surface area contributed by atoms with E-state index < -0.39 is 25.9 Å². The number of sulfone groups is 1. The minimum Gasteiger partial charge on any atom is -0.375 e. The van der Waals surface area contributed by atoms with Crippen LogP contribution in [0.15, 0.2) is 29.2 Å². The summed E-state index contributed by atoms with van der Waals surface area (Å²) in [5, 5.41) is 2.55. The zero-order valence-electron chi connectivity index (χ0n) is 12.5. The Labute approximate surface area is 135 Å². The van der Waals surface area contributed by atoms with Gasteiger partial charge in [0.05, 0.1) is 16.4 Å². The van der Waals surface area contributed by atoms with Gasteiger partial charge in [0.2, 0.25) is 15.9 Å². The van der Waals surface area contributed by atoms with E-state index in [9.17, 15) is 21.6 Å². The van der Waals surface area contributed by atoms with E-state index in [0.29, 0.717) is 5.69 Å². The lowest BCUT2D eigenvalue weighted by Gasteiger charge is -2.12. The fraction of sp³-hybridized carbons (Fsp3) is 0.462. The number of sulfonamides is 1. The molecular formula is C13H18N2O6S2. The van der Waals surface area contributed by atoms with Crippen molar-refractivity contribution in [3.05, 3.63) is 24.3 Å². The number of hydrogen-bond donors (Lipinski definition) is 2. The van der Waals surface area contributed by atoms with E-state index >= 15 is 0 Å². The van der Waals surface area contributed by atoms with Crippen molar-refractivity contribution in [2.24, 2.45) is 0 Å². The molecule has 2 rings (SSSR count). The number of methoxy groups -OCH3 is 1. The third-order valence-corrected chi connectivity index (χ3v) is 6.58. The molecule has 0 spiro atoms. The molecule has 128 valence electrons. The standard InChI is InChI=1S/C13H18N2O6S2/c1-21-8-13(16)14-10-2-4-12(5-3-10)23(19,20)15-11-6-7-22(17,18)9-11/h2-5,11,15H,6-9H2,1H3,(H,14,16)/t11-/m0/s1. The van der Waals surface area contributed by atoms with E-state index in [-0.39, 0.29) is 35.3 Å². The van der Waals surface area contributed by atoms with Gasteiger partial charge in [0, 0.05) is 18.8 Å². The summed E-state index contributed by atoms with van der Waals surface area (Å²) >= 11 is 0. The molecule has 0 unspecified atom stereocenters. The van der Waals surface area contributed by atoms with Gasteiger partial charge < -0.3 is 10.1 Å². The topological polar surface area (TPSA) is 119 Å². The van der Waals surface area contributed by atoms with Crippen LogP contribution in [-0.4, -0.2) is 54.0 Å². The summed E-state index contributed by atoms with van der Waals surface area (Å²) in [5.41, 5.74) is 0.439. The zero-order chi connectivity index (χ0) is 17.1. The van der Waals surface area contributed by atoms with E-state index in [0.717, 1.165) is 0 Å².